The number of nitrogens with two attached hydrogens (primary N) is 1. The van der Waals surface area contributed by atoms with Crippen LogP contribution in [0.15, 0.2) is 89.9 Å². The molecule has 5 fully saturated rings. The molecule has 1 saturated heterocycles. The summed E-state index contributed by atoms with van der Waals surface area (Å²) >= 11 is 0. The number of aromatic hydroxyl groups is 1. The summed E-state index contributed by atoms with van der Waals surface area (Å²) in [5.41, 5.74) is 11.6. The number of rotatable bonds is 16. The van der Waals surface area contributed by atoms with Crippen LogP contribution in [0.3, 0.4) is 0 Å². The van der Waals surface area contributed by atoms with E-state index < -0.39 is 35.2 Å². The van der Waals surface area contributed by atoms with Gasteiger partial charge in [-0.25, -0.2) is 0 Å². The van der Waals surface area contributed by atoms with E-state index in [1.54, 1.807) is 12.1 Å². The van der Waals surface area contributed by atoms with Crippen molar-refractivity contribution in [3.05, 3.63) is 118 Å². The Morgan fingerprint density at radius 1 is 0.915 bits per heavy atom. The first-order valence-corrected chi connectivity index (χ1v) is 31.5. The van der Waals surface area contributed by atoms with Crippen molar-refractivity contribution in [1.29, 1.82) is 0 Å². The third-order valence-corrected chi connectivity index (χ3v) is 22.3. The van der Waals surface area contributed by atoms with Crippen molar-refractivity contribution in [2.75, 3.05) is 33.3 Å². The third kappa shape index (κ3) is 10.5. The summed E-state index contributed by atoms with van der Waals surface area (Å²) in [5.74, 6) is 9.07. The number of dihydropyridines is 1. The number of piperidine rings is 1. The van der Waals surface area contributed by atoms with Gasteiger partial charge in [-0.3, -0.25) is 9.59 Å². The maximum absolute atomic E-state index is 15.2. The number of carbonyl (C=O) groups excluding carboxylic acids is 2. The van der Waals surface area contributed by atoms with Crippen LogP contribution in [0.25, 0.3) is 10.8 Å². The number of aromatic amines is 1. The molecular weight excluding hydrogens is 1030 g/mol. The van der Waals surface area contributed by atoms with Gasteiger partial charge < -0.3 is 56.9 Å². The lowest BCUT2D eigenvalue weighted by atomic mass is 9.43. The molecule has 11 N–H and O–H groups in total. The van der Waals surface area contributed by atoms with E-state index in [1.807, 2.05) is 18.2 Å². The van der Waals surface area contributed by atoms with Crippen molar-refractivity contribution in [2.45, 2.75) is 177 Å². The second-order valence-electron chi connectivity index (χ2n) is 26.4. The number of aliphatic hydroxyl groups excluding tert-OH is 3. The van der Waals surface area contributed by atoms with Gasteiger partial charge in [0.05, 0.1) is 36.8 Å². The highest BCUT2D eigenvalue weighted by Crippen LogP contribution is 2.66. The molecule has 2 aliphatic heterocycles. The molecule has 4 aromatic rings. The smallest absolute Gasteiger partial charge is 0.160 e. The topological polar surface area (TPSA) is 222 Å². The molecular formula is C69H89N5O8. The van der Waals surface area contributed by atoms with Crippen LogP contribution < -0.4 is 26.4 Å². The summed E-state index contributed by atoms with van der Waals surface area (Å²) in [6.45, 7) is 7.34. The van der Waals surface area contributed by atoms with Gasteiger partial charge >= 0.3 is 0 Å². The second kappa shape index (κ2) is 23.5. The molecule has 0 radical (unpaired) electrons. The zero-order chi connectivity index (χ0) is 57.0. The molecule has 13 heteroatoms. The van der Waals surface area contributed by atoms with E-state index in [9.17, 15) is 30.3 Å². The largest absolute Gasteiger partial charge is 0.504 e. The lowest BCUT2D eigenvalue weighted by Crippen LogP contribution is -2.65. The Hall–Kier alpha value is -5.46. The zero-order valence-electron chi connectivity index (χ0n) is 48.5. The Kier molecular flexibility index (Phi) is 16.4. The molecule has 0 amide bonds. The number of phenolic OH excluding ortho intramolecular Hbond substituents is 1. The van der Waals surface area contributed by atoms with E-state index in [2.05, 4.69) is 89.2 Å². The number of aliphatic hydroxyl groups is 4. The third-order valence-electron chi connectivity index (χ3n) is 22.3. The van der Waals surface area contributed by atoms with Gasteiger partial charge in [0.15, 0.2) is 17.3 Å². The fourth-order valence-corrected chi connectivity index (χ4v) is 18.3. The Labute approximate surface area is 484 Å². The highest BCUT2D eigenvalue weighted by molar-refractivity contribution is 5.89. The van der Waals surface area contributed by atoms with Crippen molar-refractivity contribution in [3.63, 3.8) is 0 Å². The van der Waals surface area contributed by atoms with Crippen LogP contribution in [0.2, 0.25) is 0 Å². The second-order valence-corrected chi connectivity index (χ2v) is 26.4. The fraction of sp³-hybridized carbons (Fsp3) is 0.594. The van der Waals surface area contributed by atoms with E-state index in [1.165, 1.54) is 23.9 Å². The molecule has 16 atom stereocenters. The molecule has 1 aromatic heterocycles. The monoisotopic (exact) mass is 1120 g/mol. The van der Waals surface area contributed by atoms with E-state index in [0.29, 0.717) is 80.0 Å². The molecule has 6 aliphatic carbocycles. The van der Waals surface area contributed by atoms with E-state index in [4.69, 9.17) is 10.5 Å². The molecule has 8 aliphatic rings. The Morgan fingerprint density at radius 2 is 1.73 bits per heavy atom. The predicted octanol–water partition coefficient (Wildman–Crippen LogP) is 9.04. The summed E-state index contributed by atoms with van der Waals surface area (Å²) < 4.78 is 5.62. The van der Waals surface area contributed by atoms with Crippen LogP contribution >= 0.6 is 0 Å². The number of carbonyl (C=O) groups is 2. The number of nitrogens with one attached hydrogen (secondary N) is 4. The van der Waals surface area contributed by atoms with Crippen molar-refractivity contribution < 1.29 is 39.9 Å². The normalized spacial score (nSPS) is 33.2. The van der Waals surface area contributed by atoms with Crippen molar-refractivity contribution in [2.24, 2.45) is 52.6 Å². The maximum Gasteiger partial charge on any atom is 0.160 e. The number of benzene rings is 3. The molecule has 82 heavy (non-hydrogen) atoms. The number of ketones is 2. The van der Waals surface area contributed by atoms with Crippen LogP contribution in [0.1, 0.15) is 168 Å². The molecule has 0 unspecified atom stereocenters. The Bertz CT molecular complexity index is 3150. The fourth-order valence-electron chi connectivity index (χ4n) is 18.3. The number of hydrogen-bond donors (Lipinski definition) is 10. The molecule has 3 heterocycles. The SMILES string of the molecule is CCNC[C@H]1[C@@H]2c3[nH]ccc3[C@H]3CC(=O)C[C@H]4NC[C@@H]([C@@H](CCC5(O)CCCCC5)[C@@H]1[C@H]1CC[C@@]5(C#C[C@H](C[C@H](O)[C@H](O)C[C@@H](C6=C(CC)CNC(N)=C6)c6ccc7ccccc7c6)c6cc(O)c(OC)cc6CCC5=O)[C@H](O)C1)[C@H]2[C@@H]34. The first-order chi connectivity index (χ1) is 39.7. The number of ether oxygens (including phenoxy) is 1. The molecule has 12 rings (SSSR count). The number of allylic oxidation sites excluding steroid dienone is 2. The molecule has 438 valence electrons. The highest BCUT2D eigenvalue weighted by Gasteiger charge is 2.63. The molecule has 13 nitrogen and oxygen atoms in total. The first-order valence-electron chi connectivity index (χ1n) is 31.5. The molecule has 4 saturated carbocycles. The minimum absolute atomic E-state index is 0.0113. The molecule has 3 aromatic carbocycles. The van der Waals surface area contributed by atoms with Gasteiger partial charge in [0.2, 0.25) is 0 Å². The van der Waals surface area contributed by atoms with E-state index >= 15 is 4.79 Å². The van der Waals surface area contributed by atoms with Crippen LogP contribution in [0.5, 0.6) is 11.5 Å². The van der Waals surface area contributed by atoms with Crippen molar-refractivity contribution >= 4 is 22.3 Å². The summed E-state index contributed by atoms with van der Waals surface area (Å²) in [5, 5.41) is 74.8. The average Bonchev–Trinajstić information content (AvgIpc) is 1.22. The van der Waals surface area contributed by atoms with Gasteiger partial charge in [0, 0.05) is 61.5 Å². The number of methoxy groups -OCH3 is 1. The van der Waals surface area contributed by atoms with Gasteiger partial charge in [-0.15, -0.1) is 0 Å². The van der Waals surface area contributed by atoms with Crippen molar-refractivity contribution in [1.82, 2.24) is 20.9 Å². The highest BCUT2D eigenvalue weighted by atomic mass is 16.5. The van der Waals surface area contributed by atoms with E-state index in [-0.39, 0.29) is 84.0 Å². The minimum atomic E-state index is -1.38. The predicted molar refractivity (Wildman–Crippen MR) is 319 cm³/mol. The lowest BCUT2D eigenvalue weighted by molar-refractivity contribution is -0.141. The molecule has 0 bridgehead atoms. The first kappa shape index (κ1) is 57.0. The summed E-state index contributed by atoms with van der Waals surface area (Å²) in [6, 6.07) is 20.4. The lowest BCUT2D eigenvalue weighted by Gasteiger charge is -2.64. The number of H-pyrrole nitrogens is 1. The number of aromatic nitrogens is 1. The number of Topliss-reactive ketones (excluding diaryl/α,β-unsaturated/α-hetero) is 2. The zero-order valence-corrected chi connectivity index (χ0v) is 48.5. The Balaban J connectivity index is 0.879. The van der Waals surface area contributed by atoms with Crippen LogP contribution in [-0.4, -0.2) is 105 Å². The summed E-state index contributed by atoms with van der Waals surface area (Å²) in [7, 11) is 1.50. The minimum Gasteiger partial charge on any atom is -0.504 e. The Morgan fingerprint density at radius 3 is 2.51 bits per heavy atom. The van der Waals surface area contributed by atoms with Crippen LogP contribution in [0, 0.1) is 58.7 Å². The van der Waals surface area contributed by atoms with Crippen LogP contribution in [0.4, 0.5) is 0 Å². The van der Waals surface area contributed by atoms with Crippen LogP contribution in [-0.2, 0) is 16.0 Å². The quantitative estimate of drug-likeness (QED) is 0.0475. The standard InChI is InChI=1S/C69H89N5O8/c1-4-39-36-74-62(70)35-51(39)50(42-14-13-40-11-7-8-12-41(40)27-42)34-57(77)56(76)28-44-17-24-69(60(79)16-15-43-29-59(82-3)58(78)33-49(43)44)25-18-45(30-61(69)80)63-47(19-23-68(81)21-9-6-10-22-68)53-38-73-55-32-46(75)31-52-48-20-26-72-67(48)66(65(53)64(52)55)54(63)37-71-5-2/h7-8,11-14,20,26-27,29,33,35,44-45,47,50,52-57,61,63-66,71-74,76-78,80-81H,4-6,9-10,15-16,18-19,21-23,25,28,30-32,34,36-38,70H2,1-3H3/t44-,45+,47-,50-,52-,53+,54-,55-,56+,57-,61-,63+,64+,65+,66+,69-/m1/s1. The summed E-state index contributed by atoms with van der Waals surface area (Å²) in [6.07, 6.45) is 11.1. The van der Waals surface area contributed by atoms with Gasteiger partial charge in [-0.2, -0.15) is 0 Å². The van der Waals surface area contributed by atoms with Gasteiger partial charge in [0.25, 0.3) is 0 Å². The number of phenols is 1. The average molecular weight is 1120 g/mol. The van der Waals surface area contributed by atoms with Crippen molar-refractivity contribution in [3.8, 4) is 23.3 Å². The number of aryl methyl sites for hydroxylation is 1. The number of hydrogen-bond acceptors (Lipinski definition) is 12. The van der Waals surface area contributed by atoms with Gasteiger partial charge in [0.1, 0.15) is 11.2 Å². The maximum atomic E-state index is 15.2. The van der Waals surface area contributed by atoms with E-state index in [0.717, 1.165) is 98.5 Å². The van der Waals surface area contributed by atoms with Gasteiger partial charge in [-0.05, 0) is 206 Å². The summed E-state index contributed by atoms with van der Waals surface area (Å²) in [4.78, 5) is 32.5. The molecule has 1 spiro atoms. The van der Waals surface area contributed by atoms with Gasteiger partial charge in [-0.1, -0.05) is 87.4 Å². The number of fused-ring (bicyclic) bond motifs is 5.